The van der Waals surface area contributed by atoms with Crippen molar-refractivity contribution >= 4 is 11.0 Å². The van der Waals surface area contributed by atoms with Gasteiger partial charge in [0.25, 0.3) is 0 Å². The zero-order chi connectivity index (χ0) is 11.0. The van der Waals surface area contributed by atoms with Crippen LogP contribution in [0.1, 0.15) is 0 Å². The van der Waals surface area contributed by atoms with E-state index in [2.05, 4.69) is 4.98 Å². The molecule has 3 heteroatoms. The van der Waals surface area contributed by atoms with E-state index in [9.17, 15) is 4.79 Å². The third-order valence-electron chi connectivity index (χ3n) is 2.49. The normalized spacial score (nSPS) is 10.8. The summed E-state index contributed by atoms with van der Waals surface area (Å²) in [7, 11) is 0. The molecule has 2 heterocycles. The number of aromatic amines is 1. The Balaban J connectivity index is 2.23. The van der Waals surface area contributed by atoms with Gasteiger partial charge in [-0.25, -0.2) is 0 Å². The molecule has 3 nitrogen and oxygen atoms in total. The molecule has 0 spiro atoms. The number of fused-ring (bicyclic) bond motifs is 1. The van der Waals surface area contributed by atoms with Gasteiger partial charge in [-0.15, -0.1) is 0 Å². The van der Waals surface area contributed by atoms with Crippen LogP contribution >= 0.6 is 0 Å². The number of hydrogen-bond acceptors (Lipinski definition) is 2. The fraction of sp³-hybridized carbons (Fsp3) is 0. The van der Waals surface area contributed by atoms with Crippen LogP contribution in [0.25, 0.3) is 22.3 Å². The number of H-pyrrole nitrogens is 1. The molecule has 16 heavy (non-hydrogen) atoms. The minimum absolute atomic E-state index is 0.127. The lowest BCUT2D eigenvalue weighted by Crippen LogP contribution is -2.01. The van der Waals surface area contributed by atoms with Gasteiger partial charge >= 0.3 is 0 Å². The van der Waals surface area contributed by atoms with Crippen molar-refractivity contribution in [1.29, 1.82) is 0 Å². The molecule has 0 unspecified atom stereocenters. The molecular formula is C13H9NO2. The van der Waals surface area contributed by atoms with Crippen molar-refractivity contribution in [2.24, 2.45) is 0 Å². The fourth-order valence-corrected chi connectivity index (χ4v) is 1.72. The highest BCUT2D eigenvalue weighted by atomic mass is 16.3. The summed E-state index contributed by atoms with van der Waals surface area (Å²) in [5.74, 6) is 0.715. The first-order chi connectivity index (χ1) is 7.83. The second-order valence-corrected chi connectivity index (χ2v) is 3.59. The number of pyridine rings is 1. The van der Waals surface area contributed by atoms with Crippen LogP contribution in [0.15, 0.2) is 57.9 Å². The van der Waals surface area contributed by atoms with Gasteiger partial charge in [0.05, 0.1) is 0 Å². The lowest BCUT2D eigenvalue weighted by atomic mass is 10.2. The van der Waals surface area contributed by atoms with E-state index < -0.39 is 0 Å². The highest BCUT2D eigenvalue weighted by Gasteiger charge is 2.05. The quantitative estimate of drug-likeness (QED) is 0.672. The third kappa shape index (κ3) is 1.42. The number of nitrogens with one attached hydrogen (secondary N) is 1. The zero-order valence-electron chi connectivity index (χ0n) is 8.44. The fourth-order valence-electron chi connectivity index (χ4n) is 1.72. The van der Waals surface area contributed by atoms with Gasteiger partial charge in [-0.1, -0.05) is 18.2 Å². The van der Waals surface area contributed by atoms with Crippen LogP contribution in [0.5, 0.6) is 0 Å². The average molecular weight is 211 g/mol. The Kier molecular flexibility index (Phi) is 1.90. The number of aromatic nitrogens is 1. The van der Waals surface area contributed by atoms with Gasteiger partial charge in [-0.05, 0) is 18.2 Å². The molecule has 0 atom stereocenters. The molecule has 0 radical (unpaired) electrons. The Labute approximate surface area is 91.3 Å². The van der Waals surface area contributed by atoms with Crippen molar-refractivity contribution < 1.29 is 4.42 Å². The van der Waals surface area contributed by atoms with Crippen LogP contribution in [0.3, 0.4) is 0 Å². The number of rotatable bonds is 1. The van der Waals surface area contributed by atoms with E-state index in [1.165, 1.54) is 6.07 Å². The summed E-state index contributed by atoms with van der Waals surface area (Å²) >= 11 is 0. The van der Waals surface area contributed by atoms with Crippen molar-refractivity contribution in [1.82, 2.24) is 4.98 Å². The van der Waals surface area contributed by atoms with Gasteiger partial charge in [-0.2, -0.15) is 0 Å². The largest absolute Gasteiger partial charge is 0.456 e. The predicted molar refractivity (Wildman–Crippen MR) is 62.3 cm³/mol. The molecule has 0 amide bonds. The van der Waals surface area contributed by atoms with E-state index in [1.54, 1.807) is 6.20 Å². The van der Waals surface area contributed by atoms with Gasteiger partial charge in [-0.3, -0.25) is 4.79 Å². The van der Waals surface area contributed by atoms with E-state index in [4.69, 9.17) is 4.42 Å². The second kappa shape index (κ2) is 3.38. The monoisotopic (exact) mass is 211 g/mol. The van der Waals surface area contributed by atoms with Crippen molar-refractivity contribution in [3.8, 4) is 11.3 Å². The van der Waals surface area contributed by atoms with Crippen LogP contribution in [-0.4, -0.2) is 4.98 Å². The molecule has 0 aliphatic carbocycles. The number of benzene rings is 1. The van der Waals surface area contributed by atoms with Crippen molar-refractivity contribution in [3.05, 3.63) is 59.0 Å². The molecule has 2 aromatic heterocycles. The lowest BCUT2D eigenvalue weighted by Gasteiger charge is -1.93. The second-order valence-electron chi connectivity index (χ2n) is 3.59. The highest BCUT2D eigenvalue weighted by molar-refractivity contribution is 5.82. The zero-order valence-corrected chi connectivity index (χ0v) is 8.44. The van der Waals surface area contributed by atoms with Gasteiger partial charge in [0, 0.05) is 23.2 Å². The Bertz CT molecular complexity index is 661. The molecule has 78 valence electrons. The first-order valence-electron chi connectivity index (χ1n) is 5.01. The Morgan fingerprint density at radius 2 is 1.94 bits per heavy atom. The van der Waals surface area contributed by atoms with Crippen LogP contribution in [0.2, 0.25) is 0 Å². The minimum atomic E-state index is -0.127. The Hall–Kier alpha value is -2.29. The van der Waals surface area contributed by atoms with Crippen LogP contribution < -0.4 is 5.56 Å². The summed E-state index contributed by atoms with van der Waals surface area (Å²) in [4.78, 5) is 13.8. The van der Waals surface area contributed by atoms with E-state index in [1.807, 2.05) is 36.4 Å². The maximum absolute atomic E-state index is 11.2. The van der Waals surface area contributed by atoms with Gasteiger partial charge < -0.3 is 9.40 Å². The van der Waals surface area contributed by atoms with Crippen LogP contribution in [0.4, 0.5) is 0 Å². The standard InChI is InChI=1S/C13H9NO2/c15-13-8-10(5-6-14-13)12-7-9-3-1-2-4-11(9)16-12/h1-8H,(H,14,15). The van der Waals surface area contributed by atoms with E-state index in [0.717, 1.165) is 16.5 Å². The molecule has 1 aromatic carbocycles. The molecule has 0 bridgehead atoms. The summed E-state index contributed by atoms with van der Waals surface area (Å²) < 4.78 is 5.66. The minimum Gasteiger partial charge on any atom is -0.456 e. The lowest BCUT2D eigenvalue weighted by molar-refractivity contribution is 0.631. The molecule has 0 saturated heterocycles. The van der Waals surface area contributed by atoms with E-state index in [0.29, 0.717) is 5.76 Å². The van der Waals surface area contributed by atoms with E-state index in [-0.39, 0.29) is 5.56 Å². The predicted octanol–water partition coefficient (Wildman–Crippen LogP) is 2.79. The average Bonchev–Trinajstić information content (AvgIpc) is 2.72. The molecule has 0 fully saturated rings. The first kappa shape index (κ1) is 8.97. The van der Waals surface area contributed by atoms with Crippen LogP contribution in [0, 0.1) is 0 Å². The van der Waals surface area contributed by atoms with E-state index >= 15 is 0 Å². The maximum Gasteiger partial charge on any atom is 0.248 e. The first-order valence-corrected chi connectivity index (χ1v) is 5.01. The van der Waals surface area contributed by atoms with Crippen molar-refractivity contribution in [2.75, 3.05) is 0 Å². The summed E-state index contributed by atoms with van der Waals surface area (Å²) in [6.45, 7) is 0. The Morgan fingerprint density at radius 1 is 1.06 bits per heavy atom. The summed E-state index contributed by atoms with van der Waals surface area (Å²) in [6, 6.07) is 13.1. The molecule has 0 aliphatic rings. The van der Waals surface area contributed by atoms with Crippen LogP contribution in [-0.2, 0) is 0 Å². The SMILES string of the molecule is O=c1cc(-c2cc3ccccc3o2)cc[nH]1. The molecule has 0 aliphatic heterocycles. The third-order valence-corrected chi connectivity index (χ3v) is 2.49. The topological polar surface area (TPSA) is 46.0 Å². The maximum atomic E-state index is 11.2. The number of para-hydroxylation sites is 1. The summed E-state index contributed by atoms with van der Waals surface area (Å²) in [6.07, 6.45) is 1.62. The Morgan fingerprint density at radius 3 is 2.75 bits per heavy atom. The summed E-state index contributed by atoms with van der Waals surface area (Å²) in [5, 5.41) is 1.04. The molecular weight excluding hydrogens is 202 g/mol. The van der Waals surface area contributed by atoms with Crippen molar-refractivity contribution in [2.45, 2.75) is 0 Å². The highest BCUT2D eigenvalue weighted by Crippen LogP contribution is 2.26. The molecule has 0 saturated carbocycles. The van der Waals surface area contributed by atoms with Gasteiger partial charge in [0.15, 0.2) is 0 Å². The van der Waals surface area contributed by atoms with Crippen molar-refractivity contribution in [3.63, 3.8) is 0 Å². The molecule has 1 N–H and O–H groups in total. The number of furan rings is 1. The summed E-state index contributed by atoms with van der Waals surface area (Å²) in [5.41, 5.74) is 1.50. The smallest absolute Gasteiger partial charge is 0.248 e. The molecule has 3 aromatic rings. The van der Waals surface area contributed by atoms with Gasteiger partial charge in [0.1, 0.15) is 11.3 Å². The van der Waals surface area contributed by atoms with Gasteiger partial charge in [0.2, 0.25) is 5.56 Å². The molecule has 3 rings (SSSR count). The number of hydrogen-bond donors (Lipinski definition) is 1.